The van der Waals surface area contributed by atoms with Crippen LogP contribution in [-0.2, 0) is 0 Å². The molecule has 2 rings (SSSR count). The highest BCUT2D eigenvalue weighted by Crippen LogP contribution is 2.29. The van der Waals surface area contributed by atoms with E-state index < -0.39 is 6.10 Å². The highest BCUT2D eigenvalue weighted by atomic mass is 35.5. The lowest BCUT2D eigenvalue weighted by Crippen LogP contribution is -2.05. The first-order chi connectivity index (χ1) is 7.70. The molecule has 0 spiro atoms. The van der Waals surface area contributed by atoms with Gasteiger partial charge in [0.2, 0.25) is 0 Å². The summed E-state index contributed by atoms with van der Waals surface area (Å²) in [6.45, 7) is 0. The predicted octanol–water partition coefficient (Wildman–Crippen LogP) is 2.40. The molecule has 0 aliphatic rings. The molecular weight excluding hydrogens is 224 g/mol. The number of benzene rings is 1. The quantitative estimate of drug-likeness (QED) is 0.839. The minimum absolute atomic E-state index is 0.315. The number of halogens is 1. The standard InChI is InChI=1S/C12H11ClN2O/c13-10-6-2-1-4-8(10)11(16)9-5-3-7-15-12(9)14/h1-7,11,16H,(H2,14,15). The lowest BCUT2D eigenvalue weighted by Gasteiger charge is -2.14. The number of nitrogens with two attached hydrogens (primary N) is 1. The van der Waals surface area contributed by atoms with E-state index in [1.165, 1.54) is 0 Å². The largest absolute Gasteiger partial charge is 0.383 e. The molecule has 0 saturated carbocycles. The van der Waals surface area contributed by atoms with Crippen LogP contribution in [0.25, 0.3) is 0 Å². The summed E-state index contributed by atoms with van der Waals surface area (Å²) in [6.07, 6.45) is 0.737. The zero-order valence-electron chi connectivity index (χ0n) is 8.47. The van der Waals surface area contributed by atoms with Crippen molar-refractivity contribution in [2.24, 2.45) is 0 Å². The Morgan fingerprint density at radius 2 is 1.81 bits per heavy atom. The lowest BCUT2D eigenvalue weighted by atomic mass is 10.0. The van der Waals surface area contributed by atoms with Gasteiger partial charge in [0, 0.05) is 22.3 Å². The molecule has 1 unspecified atom stereocenters. The Kier molecular flexibility index (Phi) is 3.08. The SMILES string of the molecule is Nc1ncccc1C(O)c1ccccc1Cl. The van der Waals surface area contributed by atoms with Gasteiger partial charge in [-0.25, -0.2) is 4.98 Å². The van der Waals surface area contributed by atoms with Gasteiger partial charge >= 0.3 is 0 Å². The van der Waals surface area contributed by atoms with E-state index in [-0.39, 0.29) is 0 Å². The number of hydrogen-bond acceptors (Lipinski definition) is 3. The smallest absolute Gasteiger partial charge is 0.129 e. The Hall–Kier alpha value is -1.58. The van der Waals surface area contributed by atoms with Gasteiger partial charge in [-0.2, -0.15) is 0 Å². The van der Waals surface area contributed by atoms with Crippen molar-refractivity contribution in [2.75, 3.05) is 5.73 Å². The average Bonchev–Trinajstić information content (AvgIpc) is 2.29. The van der Waals surface area contributed by atoms with Crippen LogP contribution in [0.4, 0.5) is 5.82 Å². The van der Waals surface area contributed by atoms with Crippen molar-refractivity contribution >= 4 is 17.4 Å². The van der Waals surface area contributed by atoms with E-state index in [4.69, 9.17) is 17.3 Å². The van der Waals surface area contributed by atoms with Gasteiger partial charge in [0.15, 0.2) is 0 Å². The topological polar surface area (TPSA) is 59.1 Å². The van der Waals surface area contributed by atoms with Gasteiger partial charge < -0.3 is 10.8 Å². The number of pyridine rings is 1. The fourth-order valence-corrected chi connectivity index (χ4v) is 1.76. The molecule has 1 heterocycles. The van der Waals surface area contributed by atoms with E-state index in [1.807, 2.05) is 12.1 Å². The van der Waals surface area contributed by atoms with Gasteiger partial charge in [-0.05, 0) is 12.1 Å². The first kappa shape index (κ1) is 10.9. The van der Waals surface area contributed by atoms with Crippen LogP contribution in [0.3, 0.4) is 0 Å². The van der Waals surface area contributed by atoms with Crippen molar-refractivity contribution in [1.82, 2.24) is 4.98 Å². The van der Waals surface area contributed by atoms with Gasteiger partial charge in [0.1, 0.15) is 11.9 Å². The average molecular weight is 235 g/mol. The predicted molar refractivity (Wildman–Crippen MR) is 64.2 cm³/mol. The second-order valence-corrected chi connectivity index (χ2v) is 3.81. The Balaban J connectivity index is 2.44. The van der Waals surface area contributed by atoms with Crippen LogP contribution in [0, 0.1) is 0 Å². The lowest BCUT2D eigenvalue weighted by molar-refractivity contribution is 0.221. The molecule has 3 N–H and O–H groups in total. The molecule has 16 heavy (non-hydrogen) atoms. The van der Waals surface area contributed by atoms with Crippen LogP contribution in [0.15, 0.2) is 42.6 Å². The van der Waals surface area contributed by atoms with E-state index in [0.717, 1.165) is 0 Å². The number of aliphatic hydroxyl groups excluding tert-OH is 1. The highest BCUT2D eigenvalue weighted by Gasteiger charge is 2.15. The molecule has 0 amide bonds. The normalized spacial score (nSPS) is 12.4. The van der Waals surface area contributed by atoms with Crippen molar-refractivity contribution in [1.29, 1.82) is 0 Å². The Morgan fingerprint density at radius 3 is 2.50 bits per heavy atom. The fourth-order valence-electron chi connectivity index (χ4n) is 1.53. The molecule has 0 saturated heterocycles. The van der Waals surface area contributed by atoms with Gasteiger partial charge in [0.05, 0.1) is 0 Å². The third kappa shape index (κ3) is 2.01. The molecule has 1 aromatic carbocycles. The van der Waals surface area contributed by atoms with Crippen LogP contribution < -0.4 is 5.73 Å². The third-order valence-corrected chi connectivity index (χ3v) is 2.71. The van der Waals surface area contributed by atoms with Crippen molar-refractivity contribution in [2.45, 2.75) is 6.10 Å². The maximum atomic E-state index is 10.1. The van der Waals surface area contributed by atoms with E-state index in [1.54, 1.807) is 30.5 Å². The summed E-state index contributed by atoms with van der Waals surface area (Å²) in [5, 5.41) is 10.7. The number of aliphatic hydroxyl groups is 1. The number of rotatable bonds is 2. The minimum atomic E-state index is -0.845. The van der Waals surface area contributed by atoms with Crippen LogP contribution in [0.5, 0.6) is 0 Å². The summed E-state index contributed by atoms with van der Waals surface area (Å²) < 4.78 is 0. The summed E-state index contributed by atoms with van der Waals surface area (Å²) in [5.74, 6) is 0.315. The number of nitrogen functional groups attached to an aromatic ring is 1. The first-order valence-corrected chi connectivity index (χ1v) is 5.21. The van der Waals surface area contributed by atoms with Gasteiger partial charge in [-0.15, -0.1) is 0 Å². The summed E-state index contributed by atoms with van der Waals surface area (Å²) in [4.78, 5) is 3.93. The second kappa shape index (κ2) is 4.51. The van der Waals surface area contributed by atoms with Gasteiger partial charge in [-0.3, -0.25) is 0 Å². The third-order valence-electron chi connectivity index (χ3n) is 2.37. The van der Waals surface area contributed by atoms with Crippen LogP contribution in [-0.4, -0.2) is 10.1 Å². The molecule has 0 aliphatic heterocycles. The van der Waals surface area contributed by atoms with Crippen molar-refractivity contribution in [3.8, 4) is 0 Å². The molecule has 0 bridgehead atoms. The molecule has 82 valence electrons. The number of anilines is 1. The monoisotopic (exact) mass is 234 g/mol. The Morgan fingerprint density at radius 1 is 1.12 bits per heavy atom. The fraction of sp³-hybridized carbons (Fsp3) is 0.0833. The summed E-state index contributed by atoms with van der Waals surface area (Å²) >= 11 is 6.00. The summed E-state index contributed by atoms with van der Waals surface area (Å²) in [7, 11) is 0. The summed E-state index contributed by atoms with van der Waals surface area (Å²) in [6, 6.07) is 10.6. The van der Waals surface area contributed by atoms with E-state index in [0.29, 0.717) is 22.0 Å². The number of hydrogen-bond donors (Lipinski definition) is 2. The first-order valence-electron chi connectivity index (χ1n) is 4.83. The molecule has 4 heteroatoms. The van der Waals surface area contributed by atoms with E-state index in [2.05, 4.69) is 4.98 Å². The summed E-state index contributed by atoms with van der Waals surface area (Å²) in [5.41, 5.74) is 6.89. The van der Waals surface area contributed by atoms with Gasteiger partial charge in [-0.1, -0.05) is 35.9 Å². The molecule has 0 aliphatic carbocycles. The maximum absolute atomic E-state index is 10.1. The van der Waals surface area contributed by atoms with Crippen LogP contribution in [0.1, 0.15) is 17.2 Å². The van der Waals surface area contributed by atoms with E-state index >= 15 is 0 Å². The molecule has 1 atom stereocenters. The van der Waals surface area contributed by atoms with Crippen molar-refractivity contribution in [3.05, 3.63) is 58.7 Å². The molecule has 0 fully saturated rings. The van der Waals surface area contributed by atoms with E-state index in [9.17, 15) is 5.11 Å². The van der Waals surface area contributed by atoms with Crippen molar-refractivity contribution in [3.63, 3.8) is 0 Å². The molecular formula is C12H11ClN2O. The Bertz CT molecular complexity index is 456. The second-order valence-electron chi connectivity index (χ2n) is 3.40. The zero-order valence-corrected chi connectivity index (χ0v) is 9.22. The number of aromatic nitrogens is 1. The molecule has 1 aromatic heterocycles. The molecule has 3 nitrogen and oxygen atoms in total. The van der Waals surface area contributed by atoms with Crippen LogP contribution in [0.2, 0.25) is 5.02 Å². The van der Waals surface area contributed by atoms with Crippen molar-refractivity contribution < 1.29 is 5.11 Å². The Labute approximate surface area is 98.5 Å². The maximum Gasteiger partial charge on any atom is 0.129 e. The minimum Gasteiger partial charge on any atom is -0.383 e. The molecule has 0 radical (unpaired) electrons. The zero-order chi connectivity index (χ0) is 11.5. The van der Waals surface area contributed by atoms with Gasteiger partial charge in [0.25, 0.3) is 0 Å². The highest BCUT2D eigenvalue weighted by molar-refractivity contribution is 6.31. The number of nitrogens with zero attached hydrogens (tertiary/aromatic N) is 1. The van der Waals surface area contributed by atoms with Crippen LogP contribution >= 0.6 is 11.6 Å². The molecule has 2 aromatic rings.